The number of carboxylic acid groups (broad SMARTS) is 1. The fourth-order valence-electron chi connectivity index (χ4n) is 2.30. The number of anilines is 1. The van der Waals surface area contributed by atoms with Crippen LogP contribution in [0.4, 0.5) is 5.69 Å². The Bertz CT molecular complexity index is 821. The second kappa shape index (κ2) is 4.94. The fourth-order valence-corrected chi connectivity index (χ4v) is 2.30. The average Bonchev–Trinajstić information content (AvgIpc) is 2.90. The first-order valence-electron chi connectivity index (χ1n) is 6.55. The Morgan fingerprint density at radius 3 is 2.71 bits per heavy atom. The maximum Gasteiger partial charge on any atom is 0.335 e. The Hall–Kier alpha value is -2.82. The van der Waals surface area contributed by atoms with Crippen molar-refractivity contribution >= 4 is 22.6 Å². The summed E-state index contributed by atoms with van der Waals surface area (Å²) < 4.78 is 0. The topological polar surface area (TPSA) is 69.2 Å². The van der Waals surface area contributed by atoms with Gasteiger partial charge in [0.05, 0.1) is 16.8 Å². The van der Waals surface area contributed by atoms with Crippen molar-refractivity contribution in [3.63, 3.8) is 0 Å². The highest BCUT2D eigenvalue weighted by molar-refractivity contribution is 5.98. The lowest BCUT2D eigenvalue weighted by atomic mass is 10.1. The van der Waals surface area contributed by atoms with E-state index in [-0.39, 0.29) is 5.56 Å². The molecule has 0 saturated heterocycles. The summed E-state index contributed by atoms with van der Waals surface area (Å²) in [5, 5.41) is 17.2. The SMILES string of the molecule is CN(C)c1cccc(-c2n[nH]c3cc(C(=O)O)ccc23)c1. The molecule has 0 bridgehead atoms. The monoisotopic (exact) mass is 281 g/mol. The minimum absolute atomic E-state index is 0.250. The summed E-state index contributed by atoms with van der Waals surface area (Å²) >= 11 is 0. The van der Waals surface area contributed by atoms with Gasteiger partial charge in [0.25, 0.3) is 0 Å². The van der Waals surface area contributed by atoms with E-state index in [2.05, 4.69) is 16.3 Å². The molecule has 0 fully saturated rings. The van der Waals surface area contributed by atoms with Crippen LogP contribution in [0.15, 0.2) is 42.5 Å². The van der Waals surface area contributed by atoms with E-state index in [0.717, 1.165) is 27.8 Å². The summed E-state index contributed by atoms with van der Waals surface area (Å²) in [5.41, 5.74) is 3.88. The third kappa shape index (κ3) is 2.33. The number of aromatic amines is 1. The predicted octanol–water partition coefficient (Wildman–Crippen LogP) is 2.99. The number of hydrogen-bond donors (Lipinski definition) is 2. The third-order valence-corrected chi connectivity index (χ3v) is 3.45. The second-order valence-corrected chi connectivity index (χ2v) is 5.08. The van der Waals surface area contributed by atoms with Crippen LogP contribution in [0, 0.1) is 0 Å². The van der Waals surface area contributed by atoms with Crippen LogP contribution in [0.1, 0.15) is 10.4 Å². The van der Waals surface area contributed by atoms with E-state index < -0.39 is 5.97 Å². The molecular formula is C16H15N3O2. The van der Waals surface area contributed by atoms with Crippen LogP contribution < -0.4 is 4.90 Å². The summed E-state index contributed by atoms with van der Waals surface area (Å²) in [6, 6.07) is 13.1. The molecule has 0 spiro atoms. The number of fused-ring (bicyclic) bond motifs is 1. The first-order chi connectivity index (χ1) is 10.1. The van der Waals surface area contributed by atoms with Crippen LogP contribution >= 0.6 is 0 Å². The molecule has 106 valence electrons. The summed E-state index contributed by atoms with van der Waals surface area (Å²) in [5.74, 6) is -0.942. The van der Waals surface area contributed by atoms with Gasteiger partial charge in [-0.15, -0.1) is 0 Å². The molecule has 3 aromatic rings. The van der Waals surface area contributed by atoms with Gasteiger partial charge in [0.1, 0.15) is 0 Å². The highest BCUT2D eigenvalue weighted by atomic mass is 16.4. The highest BCUT2D eigenvalue weighted by Gasteiger charge is 2.11. The molecular weight excluding hydrogens is 266 g/mol. The molecule has 3 rings (SSSR count). The maximum atomic E-state index is 11.0. The zero-order valence-corrected chi connectivity index (χ0v) is 11.8. The van der Waals surface area contributed by atoms with E-state index in [1.54, 1.807) is 18.2 Å². The first kappa shape index (κ1) is 13.2. The number of carbonyl (C=O) groups is 1. The number of aromatic carboxylic acids is 1. The molecule has 0 radical (unpaired) electrons. The molecule has 0 aliphatic carbocycles. The number of nitrogens with one attached hydrogen (secondary N) is 1. The number of rotatable bonds is 3. The first-order valence-corrected chi connectivity index (χ1v) is 6.55. The average molecular weight is 281 g/mol. The lowest BCUT2D eigenvalue weighted by Gasteiger charge is -2.13. The van der Waals surface area contributed by atoms with Crippen LogP contribution in [0.2, 0.25) is 0 Å². The van der Waals surface area contributed by atoms with Crippen LogP contribution in [-0.4, -0.2) is 35.4 Å². The normalized spacial score (nSPS) is 10.8. The van der Waals surface area contributed by atoms with Crippen molar-refractivity contribution in [2.75, 3.05) is 19.0 Å². The standard InChI is InChI=1S/C16H15N3O2/c1-19(2)12-5-3-4-10(8-12)15-13-7-6-11(16(20)21)9-14(13)17-18-15/h3-9H,1-2H3,(H,17,18)(H,20,21). The smallest absolute Gasteiger partial charge is 0.335 e. The van der Waals surface area contributed by atoms with Crippen molar-refractivity contribution in [2.24, 2.45) is 0 Å². The number of benzene rings is 2. The molecule has 2 N–H and O–H groups in total. The molecule has 0 amide bonds. The zero-order valence-electron chi connectivity index (χ0n) is 11.8. The highest BCUT2D eigenvalue weighted by Crippen LogP contribution is 2.29. The molecule has 21 heavy (non-hydrogen) atoms. The van der Waals surface area contributed by atoms with Gasteiger partial charge in [0.2, 0.25) is 0 Å². The maximum absolute atomic E-state index is 11.0. The van der Waals surface area contributed by atoms with Gasteiger partial charge >= 0.3 is 5.97 Å². The number of H-pyrrole nitrogens is 1. The van der Waals surface area contributed by atoms with E-state index >= 15 is 0 Å². The summed E-state index contributed by atoms with van der Waals surface area (Å²) in [6.07, 6.45) is 0. The quantitative estimate of drug-likeness (QED) is 0.774. The molecule has 0 saturated carbocycles. The van der Waals surface area contributed by atoms with Crippen molar-refractivity contribution in [3.8, 4) is 11.3 Å². The van der Waals surface area contributed by atoms with Gasteiger partial charge in [-0.05, 0) is 30.3 Å². The molecule has 1 aromatic heterocycles. The number of hydrogen-bond acceptors (Lipinski definition) is 3. The van der Waals surface area contributed by atoms with Crippen molar-refractivity contribution in [3.05, 3.63) is 48.0 Å². The second-order valence-electron chi connectivity index (χ2n) is 5.08. The molecule has 0 unspecified atom stereocenters. The van der Waals surface area contributed by atoms with Gasteiger partial charge in [-0.3, -0.25) is 5.10 Å². The summed E-state index contributed by atoms with van der Waals surface area (Å²) in [6.45, 7) is 0. The molecule has 5 nitrogen and oxygen atoms in total. The molecule has 1 heterocycles. The number of nitrogens with zero attached hydrogens (tertiary/aromatic N) is 2. The zero-order chi connectivity index (χ0) is 15.0. The molecule has 5 heteroatoms. The van der Waals surface area contributed by atoms with Gasteiger partial charge in [0, 0.05) is 30.7 Å². The van der Waals surface area contributed by atoms with Crippen LogP contribution in [0.25, 0.3) is 22.2 Å². The van der Waals surface area contributed by atoms with E-state index in [4.69, 9.17) is 5.11 Å². The molecule has 0 atom stereocenters. The van der Waals surface area contributed by atoms with Gasteiger partial charge in [0.15, 0.2) is 0 Å². The van der Waals surface area contributed by atoms with Crippen molar-refractivity contribution in [1.82, 2.24) is 10.2 Å². The number of aromatic nitrogens is 2. The van der Waals surface area contributed by atoms with Crippen LogP contribution in [-0.2, 0) is 0 Å². The van der Waals surface area contributed by atoms with Gasteiger partial charge < -0.3 is 10.0 Å². The third-order valence-electron chi connectivity index (χ3n) is 3.45. The lowest BCUT2D eigenvalue weighted by Crippen LogP contribution is -2.08. The summed E-state index contributed by atoms with van der Waals surface area (Å²) in [7, 11) is 3.97. The summed E-state index contributed by atoms with van der Waals surface area (Å²) in [4.78, 5) is 13.0. The van der Waals surface area contributed by atoms with Gasteiger partial charge in [-0.1, -0.05) is 12.1 Å². The molecule has 0 aliphatic heterocycles. The van der Waals surface area contributed by atoms with Crippen LogP contribution in [0.3, 0.4) is 0 Å². The van der Waals surface area contributed by atoms with Crippen molar-refractivity contribution in [2.45, 2.75) is 0 Å². The van der Waals surface area contributed by atoms with Crippen molar-refractivity contribution in [1.29, 1.82) is 0 Å². The van der Waals surface area contributed by atoms with E-state index in [9.17, 15) is 4.79 Å². The molecule has 0 aliphatic rings. The van der Waals surface area contributed by atoms with Crippen molar-refractivity contribution < 1.29 is 9.90 Å². The predicted molar refractivity (Wildman–Crippen MR) is 82.8 cm³/mol. The molecule has 2 aromatic carbocycles. The van der Waals surface area contributed by atoms with Crippen LogP contribution in [0.5, 0.6) is 0 Å². The minimum atomic E-state index is -0.942. The Kier molecular flexibility index (Phi) is 3.10. The fraction of sp³-hybridized carbons (Fsp3) is 0.125. The lowest BCUT2D eigenvalue weighted by molar-refractivity contribution is 0.0697. The van der Waals surface area contributed by atoms with E-state index in [0.29, 0.717) is 0 Å². The Morgan fingerprint density at radius 2 is 2.00 bits per heavy atom. The van der Waals surface area contributed by atoms with Gasteiger partial charge in [-0.2, -0.15) is 5.10 Å². The Labute approximate surface area is 121 Å². The van der Waals surface area contributed by atoms with E-state index in [1.807, 2.05) is 37.2 Å². The minimum Gasteiger partial charge on any atom is -0.478 e. The number of carboxylic acids is 1. The Balaban J connectivity index is 2.13. The van der Waals surface area contributed by atoms with Gasteiger partial charge in [-0.25, -0.2) is 4.79 Å². The van der Waals surface area contributed by atoms with E-state index in [1.165, 1.54) is 0 Å². The Morgan fingerprint density at radius 1 is 1.19 bits per heavy atom. The largest absolute Gasteiger partial charge is 0.478 e.